The van der Waals surface area contributed by atoms with Crippen LogP contribution in [0.1, 0.15) is 30.4 Å². The first kappa shape index (κ1) is 15.6. The van der Waals surface area contributed by atoms with Crippen molar-refractivity contribution in [3.63, 3.8) is 0 Å². The normalized spacial score (nSPS) is 13.3. The minimum absolute atomic E-state index is 0.122. The number of ether oxygens (including phenoxy) is 1. The van der Waals surface area contributed by atoms with Gasteiger partial charge >= 0.3 is 0 Å². The van der Waals surface area contributed by atoms with Crippen LogP contribution in [0.4, 0.5) is 0 Å². The first-order valence-electron chi connectivity index (χ1n) is 6.01. The van der Waals surface area contributed by atoms with E-state index in [4.69, 9.17) is 16.3 Å². The van der Waals surface area contributed by atoms with Gasteiger partial charge in [0.15, 0.2) is 5.78 Å². The molecule has 1 aromatic rings. The highest BCUT2D eigenvalue weighted by molar-refractivity contribution is 7.18. The zero-order valence-corrected chi connectivity index (χ0v) is 12.8. The van der Waals surface area contributed by atoms with E-state index in [1.165, 1.54) is 11.3 Å². The van der Waals surface area contributed by atoms with Gasteiger partial charge in [0.1, 0.15) is 0 Å². The molecule has 0 saturated heterocycles. The molecule has 0 saturated carbocycles. The number of halogens is 1. The highest BCUT2D eigenvalue weighted by atomic mass is 35.5. The quantitative estimate of drug-likeness (QED) is 0.721. The van der Waals surface area contributed by atoms with Gasteiger partial charge in [-0.3, -0.25) is 9.69 Å². The van der Waals surface area contributed by atoms with Gasteiger partial charge in [0.25, 0.3) is 0 Å². The molecule has 5 heteroatoms. The maximum atomic E-state index is 12.3. The van der Waals surface area contributed by atoms with E-state index in [9.17, 15) is 4.79 Å². The average Bonchev–Trinajstić information content (AvgIpc) is 2.74. The Kier molecular flexibility index (Phi) is 6.29. The maximum absolute atomic E-state index is 12.3. The van der Waals surface area contributed by atoms with Crippen LogP contribution in [0.15, 0.2) is 12.1 Å². The van der Waals surface area contributed by atoms with Crippen molar-refractivity contribution in [3.05, 3.63) is 21.3 Å². The summed E-state index contributed by atoms with van der Waals surface area (Å²) < 4.78 is 5.74. The van der Waals surface area contributed by atoms with Crippen LogP contribution in [0, 0.1) is 0 Å². The molecule has 0 fully saturated rings. The van der Waals surface area contributed by atoms with E-state index in [1.54, 1.807) is 19.2 Å². The predicted molar refractivity (Wildman–Crippen MR) is 76.8 cm³/mol. The van der Waals surface area contributed by atoms with E-state index < -0.39 is 0 Å². The number of thiophene rings is 1. The van der Waals surface area contributed by atoms with E-state index in [1.807, 2.05) is 6.92 Å². The largest absolute Gasteiger partial charge is 0.383 e. The summed E-state index contributed by atoms with van der Waals surface area (Å²) in [5.74, 6) is 0.122. The van der Waals surface area contributed by atoms with Gasteiger partial charge in [0.2, 0.25) is 0 Å². The highest BCUT2D eigenvalue weighted by Crippen LogP contribution is 2.24. The van der Waals surface area contributed by atoms with Crippen LogP contribution in [0.3, 0.4) is 0 Å². The molecule has 0 aliphatic carbocycles. The molecule has 0 bridgehead atoms. The molecule has 1 aromatic heterocycles. The van der Waals surface area contributed by atoms with Crippen molar-refractivity contribution < 1.29 is 9.53 Å². The molecule has 1 heterocycles. The fraction of sp³-hybridized carbons (Fsp3) is 0.615. The minimum Gasteiger partial charge on any atom is -0.383 e. The first-order chi connectivity index (χ1) is 8.47. The highest BCUT2D eigenvalue weighted by Gasteiger charge is 2.25. The number of ketones is 1. The van der Waals surface area contributed by atoms with Crippen molar-refractivity contribution in [3.8, 4) is 0 Å². The smallest absolute Gasteiger partial charge is 0.189 e. The Hall–Kier alpha value is -0.420. The molecule has 0 spiro atoms. The number of carbonyl (C=O) groups is 1. The maximum Gasteiger partial charge on any atom is 0.189 e. The van der Waals surface area contributed by atoms with Crippen molar-refractivity contribution >= 4 is 28.7 Å². The Bertz CT molecular complexity index is 392. The summed E-state index contributed by atoms with van der Waals surface area (Å²) in [6.45, 7) is 7.48. The summed E-state index contributed by atoms with van der Waals surface area (Å²) in [5, 5.41) is 0. The molecule has 0 N–H and O–H groups in total. The zero-order chi connectivity index (χ0) is 13.7. The molecule has 0 aromatic carbocycles. The van der Waals surface area contributed by atoms with Crippen LogP contribution >= 0.6 is 22.9 Å². The molecule has 0 aliphatic rings. The summed E-state index contributed by atoms with van der Waals surface area (Å²) >= 11 is 7.20. The number of carbonyl (C=O) groups excluding carboxylic acids is 1. The fourth-order valence-corrected chi connectivity index (χ4v) is 2.96. The molecule has 3 nitrogen and oxygen atoms in total. The molecular weight excluding hydrogens is 270 g/mol. The van der Waals surface area contributed by atoms with Crippen LogP contribution in [0.2, 0.25) is 4.34 Å². The van der Waals surface area contributed by atoms with Crippen molar-refractivity contribution in [1.82, 2.24) is 4.90 Å². The molecule has 102 valence electrons. The SMILES string of the molecule is COCCN(C(C)C)C(C)C(=O)c1ccc(Cl)s1. The number of hydrogen-bond donors (Lipinski definition) is 0. The van der Waals surface area contributed by atoms with Crippen LogP contribution in [0.5, 0.6) is 0 Å². The van der Waals surface area contributed by atoms with Crippen LogP contribution in [-0.4, -0.2) is 43.0 Å². The molecule has 0 radical (unpaired) electrons. The van der Waals surface area contributed by atoms with E-state index in [0.29, 0.717) is 17.0 Å². The Morgan fingerprint density at radius 1 is 1.44 bits per heavy atom. The lowest BCUT2D eigenvalue weighted by atomic mass is 10.1. The lowest BCUT2D eigenvalue weighted by molar-refractivity contribution is 0.0702. The molecule has 1 rings (SSSR count). The van der Waals surface area contributed by atoms with Gasteiger partial charge in [0.05, 0.1) is 21.9 Å². The van der Waals surface area contributed by atoms with E-state index in [-0.39, 0.29) is 11.8 Å². The number of Topliss-reactive ketones (excluding diaryl/α,β-unsaturated/α-hetero) is 1. The summed E-state index contributed by atoms with van der Waals surface area (Å²) in [7, 11) is 1.67. The predicted octanol–water partition coefficient (Wildman–Crippen LogP) is 3.33. The van der Waals surface area contributed by atoms with Crippen LogP contribution < -0.4 is 0 Å². The summed E-state index contributed by atoms with van der Waals surface area (Å²) in [5.41, 5.74) is 0. The van der Waals surface area contributed by atoms with Crippen LogP contribution in [-0.2, 0) is 4.74 Å². The van der Waals surface area contributed by atoms with Crippen molar-refractivity contribution in [2.75, 3.05) is 20.3 Å². The Labute approximate surface area is 118 Å². The monoisotopic (exact) mass is 289 g/mol. The van der Waals surface area contributed by atoms with E-state index >= 15 is 0 Å². The lowest BCUT2D eigenvalue weighted by Gasteiger charge is -2.31. The fourth-order valence-electron chi connectivity index (χ4n) is 1.90. The van der Waals surface area contributed by atoms with Gasteiger partial charge in [-0.2, -0.15) is 0 Å². The van der Waals surface area contributed by atoms with Gasteiger partial charge in [0, 0.05) is 19.7 Å². The molecule has 0 amide bonds. The third-order valence-corrected chi connectivity index (χ3v) is 4.16. The van der Waals surface area contributed by atoms with Gasteiger partial charge < -0.3 is 4.74 Å². The van der Waals surface area contributed by atoms with E-state index in [0.717, 1.165) is 11.4 Å². The first-order valence-corrected chi connectivity index (χ1v) is 7.21. The zero-order valence-electron chi connectivity index (χ0n) is 11.3. The lowest BCUT2D eigenvalue weighted by Crippen LogP contribution is -2.44. The molecule has 0 aliphatic heterocycles. The summed E-state index contributed by atoms with van der Waals surface area (Å²) in [6.07, 6.45) is 0. The number of hydrogen-bond acceptors (Lipinski definition) is 4. The average molecular weight is 290 g/mol. The molecular formula is C13H20ClNO2S. The van der Waals surface area contributed by atoms with Crippen molar-refractivity contribution in [2.24, 2.45) is 0 Å². The molecule has 1 atom stereocenters. The number of rotatable bonds is 7. The van der Waals surface area contributed by atoms with Gasteiger partial charge in [-0.15, -0.1) is 11.3 Å². The van der Waals surface area contributed by atoms with Crippen molar-refractivity contribution in [2.45, 2.75) is 32.9 Å². The second-order valence-electron chi connectivity index (χ2n) is 4.47. The van der Waals surface area contributed by atoms with E-state index in [2.05, 4.69) is 18.7 Å². The minimum atomic E-state index is -0.158. The third-order valence-electron chi connectivity index (χ3n) is 2.91. The van der Waals surface area contributed by atoms with Crippen LogP contribution in [0.25, 0.3) is 0 Å². The summed E-state index contributed by atoms with van der Waals surface area (Å²) in [6, 6.07) is 3.70. The van der Waals surface area contributed by atoms with Crippen molar-refractivity contribution in [1.29, 1.82) is 0 Å². The molecule has 18 heavy (non-hydrogen) atoms. The third kappa shape index (κ3) is 4.05. The van der Waals surface area contributed by atoms with Gasteiger partial charge in [-0.1, -0.05) is 11.6 Å². The van der Waals surface area contributed by atoms with Gasteiger partial charge in [-0.05, 0) is 32.9 Å². The Morgan fingerprint density at radius 3 is 2.56 bits per heavy atom. The molecule has 1 unspecified atom stereocenters. The van der Waals surface area contributed by atoms with Gasteiger partial charge in [-0.25, -0.2) is 0 Å². The number of methoxy groups -OCH3 is 1. The Balaban J connectivity index is 2.76. The topological polar surface area (TPSA) is 29.5 Å². The standard InChI is InChI=1S/C13H20ClNO2S/c1-9(2)15(7-8-17-4)10(3)13(16)11-5-6-12(14)18-11/h5-6,9-10H,7-8H2,1-4H3. The Morgan fingerprint density at radius 2 is 2.11 bits per heavy atom. The second kappa shape index (κ2) is 7.24. The second-order valence-corrected chi connectivity index (χ2v) is 6.18. The number of nitrogens with zero attached hydrogens (tertiary/aromatic N) is 1. The summed E-state index contributed by atoms with van der Waals surface area (Å²) in [4.78, 5) is 15.2.